The number of imidazole rings is 1. The predicted molar refractivity (Wildman–Crippen MR) is 128 cm³/mol. The number of aromatic nitrogens is 2. The summed E-state index contributed by atoms with van der Waals surface area (Å²) >= 11 is 0. The Morgan fingerprint density at radius 3 is 2.68 bits per heavy atom. The number of aliphatic hydroxyl groups is 1. The van der Waals surface area contributed by atoms with Gasteiger partial charge in [-0.15, -0.1) is 0 Å². The molecule has 0 radical (unpaired) electrons. The van der Waals surface area contributed by atoms with Gasteiger partial charge in [0.1, 0.15) is 12.4 Å². The first-order chi connectivity index (χ1) is 15.2. The van der Waals surface area contributed by atoms with Gasteiger partial charge in [0.2, 0.25) is 0 Å². The quantitative estimate of drug-likeness (QED) is 0.405. The number of nitrogens with one attached hydrogen (secondary N) is 2. The fourth-order valence-corrected chi connectivity index (χ4v) is 4.75. The zero-order valence-electron chi connectivity index (χ0n) is 18.0. The maximum atomic E-state index is 9.49. The number of nitrogens with zero attached hydrogens (tertiary/aromatic N) is 1. The molecule has 0 amide bonds. The summed E-state index contributed by atoms with van der Waals surface area (Å²) in [5, 5.41) is 12.8. The van der Waals surface area contributed by atoms with Gasteiger partial charge in [-0.05, 0) is 89.4 Å². The van der Waals surface area contributed by atoms with Crippen LogP contribution in [0.3, 0.4) is 0 Å². The van der Waals surface area contributed by atoms with Crippen LogP contribution >= 0.6 is 0 Å². The van der Waals surface area contributed by atoms with Crippen LogP contribution in [0, 0.1) is 6.92 Å². The van der Waals surface area contributed by atoms with Crippen LogP contribution in [0.15, 0.2) is 60.7 Å². The van der Waals surface area contributed by atoms with E-state index in [0.29, 0.717) is 5.82 Å². The number of aryl methyl sites for hydroxylation is 2. The maximum Gasteiger partial charge on any atom is 0.133 e. The van der Waals surface area contributed by atoms with Crippen molar-refractivity contribution in [2.75, 3.05) is 12.4 Å². The van der Waals surface area contributed by atoms with E-state index in [2.05, 4.69) is 82.9 Å². The molecule has 1 heterocycles. The van der Waals surface area contributed by atoms with Gasteiger partial charge in [-0.25, -0.2) is 4.98 Å². The summed E-state index contributed by atoms with van der Waals surface area (Å²) in [6.45, 7) is 2.11. The van der Waals surface area contributed by atoms with E-state index in [4.69, 9.17) is 0 Å². The third-order valence-corrected chi connectivity index (χ3v) is 6.28. The SMILES string of the molecule is CNc1ccc2c(c1)CCCC(c1ccccc1C)=C2c1ccc2nc(CO)[nH]c2c1. The lowest BCUT2D eigenvalue weighted by Gasteiger charge is -2.18. The molecule has 0 bridgehead atoms. The van der Waals surface area contributed by atoms with Crippen molar-refractivity contribution in [3.8, 4) is 0 Å². The Morgan fingerprint density at radius 2 is 1.87 bits per heavy atom. The monoisotopic (exact) mass is 409 g/mol. The van der Waals surface area contributed by atoms with Crippen LogP contribution in [-0.2, 0) is 13.0 Å². The molecule has 1 aliphatic carbocycles. The summed E-state index contributed by atoms with van der Waals surface area (Å²) in [6, 6.07) is 21.8. The van der Waals surface area contributed by atoms with Crippen molar-refractivity contribution in [1.82, 2.24) is 9.97 Å². The zero-order chi connectivity index (χ0) is 21.4. The predicted octanol–water partition coefficient (Wildman–Crippen LogP) is 5.70. The van der Waals surface area contributed by atoms with E-state index in [-0.39, 0.29) is 6.61 Å². The average molecular weight is 410 g/mol. The number of hydrogen-bond donors (Lipinski definition) is 3. The first kappa shape index (κ1) is 19.6. The van der Waals surface area contributed by atoms with Gasteiger partial charge in [-0.3, -0.25) is 0 Å². The van der Waals surface area contributed by atoms with E-state index in [1.54, 1.807) is 0 Å². The Bertz CT molecular complexity index is 1300. The largest absolute Gasteiger partial charge is 0.388 e. The molecule has 0 fully saturated rings. The third kappa shape index (κ3) is 3.53. The molecule has 1 aromatic heterocycles. The van der Waals surface area contributed by atoms with Gasteiger partial charge in [-0.1, -0.05) is 36.4 Å². The molecule has 3 aromatic carbocycles. The van der Waals surface area contributed by atoms with Crippen molar-refractivity contribution in [2.45, 2.75) is 32.8 Å². The van der Waals surface area contributed by atoms with Gasteiger partial charge >= 0.3 is 0 Å². The molecule has 0 atom stereocenters. The zero-order valence-corrected chi connectivity index (χ0v) is 18.0. The Morgan fingerprint density at radius 1 is 1.00 bits per heavy atom. The van der Waals surface area contributed by atoms with E-state index in [1.165, 1.54) is 39.0 Å². The summed E-state index contributed by atoms with van der Waals surface area (Å²) in [5.41, 5.74) is 12.2. The molecule has 0 saturated carbocycles. The molecular weight excluding hydrogens is 382 g/mol. The summed E-state index contributed by atoms with van der Waals surface area (Å²) < 4.78 is 0. The number of fused-ring (bicyclic) bond motifs is 2. The molecule has 0 aliphatic heterocycles. The Hall–Kier alpha value is -3.37. The molecule has 3 N–H and O–H groups in total. The van der Waals surface area contributed by atoms with Gasteiger partial charge in [-0.2, -0.15) is 0 Å². The van der Waals surface area contributed by atoms with Crippen LogP contribution in [0.1, 0.15) is 46.5 Å². The minimum absolute atomic E-state index is 0.0865. The number of benzene rings is 3. The Kier molecular flexibility index (Phi) is 5.08. The molecule has 156 valence electrons. The van der Waals surface area contributed by atoms with Crippen molar-refractivity contribution in [3.05, 3.63) is 94.3 Å². The molecule has 4 heteroatoms. The van der Waals surface area contributed by atoms with Crippen molar-refractivity contribution >= 4 is 27.9 Å². The highest BCUT2D eigenvalue weighted by Crippen LogP contribution is 2.41. The third-order valence-electron chi connectivity index (χ3n) is 6.28. The number of anilines is 1. The van der Waals surface area contributed by atoms with Crippen LogP contribution in [-0.4, -0.2) is 22.1 Å². The lowest BCUT2D eigenvalue weighted by atomic mass is 9.86. The second-order valence-corrected chi connectivity index (χ2v) is 8.22. The smallest absolute Gasteiger partial charge is 0.133 e. The highest BCUT2D eigenvalue weighted by atomic mass is 16.3. The van der Waals surface area contributed by atoms with Crippen LogP contribution < -0.4 is 5.32 Å². The minimum atomic E-state index is -0.0865. The number of hydrogen-bond acceptors (Lipinski definition) is 3. The van der Waals surface area contributed by atoms with Crippen LogP contribution in [0.2, 0.25) is 0 Å². The van der Waals surface area contributed by atoms with E-state index in [9.17, 15) is 5.11 Å². The standard InChI is InChI=1S/C27H27N3O/c1-17-6-3-4-8-21(17)23-9-5-7-18-14-20(28-2)11-12-22(18)27(23)19-10-13-24-25(15-19)30-26(16-31)29-24/h3-4,6,8,10-15,28,31H,5,7,9,16H2,1-2H3,(H,29,30). The summed E-state index contributed by atoms with van der Waals surface area (Å²) in [7, 11) is 1.97. The van der Waals surface area contributed by atoms with Gasteiger partial charge < -0.3 is 15.4 Å². The van der Waals surface area contributed by atoms with Crippen molar-refractivity contribution in [2.24, 2.45) is 0 Å². The van der Waals surface area contributed by atoms with E-state index in [0.717, 1.165) is 36.0 Å². The Balaban J connectivity index is 1.80. The number of H-pyrrole nitrogens is 1. The molecule has 4 aromatic rings. The second-order valence-electron chi connectivity index (χ2n) is 8.22. The lowest BCUT2D eigenvalue weighted by molar-refractivity contribution is 0.273. The van der Waals surface area contributed by atoms with Gasteiger partial charge in [0, 0.05) is 12.7 Å². The van der Waals surface area contributed by atoms with Crippen LogP contribution in [0.5, 0.6) is 0 Å². The Labute approximate surface area is 182 Å². The van der Waals surface area contributed by atoms with Crippen LogP contribution in [0.25, 0.3) is 22.2 Å². The molecular formula is C27H27N3O. The lowest BCUT2D eigenvalue weighted by Crippen LogP contribution is -1.99. The number of aromatic amines is 1. The van der Waals surface area contributed by atoms with Crippen molar-refractivity contribution in [3.63, 3.8) is 0 Å². The fourth-order valence-electron chi connectivity index (χ4n) is 4.75. The molecule has 4 nitrogen and oxygen atoms in total. The number of rotatable bonds is 4. The van der Waals surface area contributed by atoms with Gasteiger partial charge in [0.25, 0.3) is 0 Å². The molecule has 5 rings (SSSR count). The van der Waals surface area contributed by atoms with E-state index < -0.39 is 0 Å². The number of aliphatic hydroxyl groups excluding tert-OH is 1. The van der Waals surface area contributed by atoms with Crippen LogP contribution in [0.4, 0.5) is 5.69 Å². The van der Waals surface area contributed by atoms with Crippen molar-refractivity contribution in [1.29, 1.82) is 0 Å². The van der Waals surface area contributed by atoms with Gasteiger partial charge in [0.05, 0.1) is 11.0 Å². The summed E-state index contributed by atoms with van der Waals surface area (Å²) in [6.07, 6.45) is 3.21. The van der Waals surface area contributed by atoms with E-state index >= 15 is 0 Å². The molecule has 1 aliphatic rings. The maximum absolute atomic E-state index is 9.49. The molecule has 0 unspecified atom stereocenters. The van der Waals surface area contributed by atoms with Crippen molar-refractivity contribution < 1.29 is 5.11 Å². The molecule has 0 saturated heterocycles. The van der Waals surface area contributed by atoms with E-state index in [1.807, 2.05) is 7.05 Å². The minimum Gasteiger partial charge on any atom is -0.388 e. The number of allylic oxidation sites excluding steroid dienone is 1. The highest BCUT2D eigenvalue weighted by Gasteiger charge is 2.21. The first-order valence-corrected chi connectivity index (χ1v) is 10.9. The highest BCUT2D eigenvalue weighted by molar-refractivity contribution is 6.02. The van der Waals surface area contributed by atoms with Gasteiger partial charge in [0.15, 0.2) is 0 Å². The summed E-state index contributed by atoms with van der Waals surface area (Å²) in [4.78, 5) is 7.72. The molecule has 31 heavy (non-hydrogen) atoms. The average Bonchev–Trinajstić information content (AvgIpc) is 3.12. The normalized spacial score (nSPS) is 13.9. The first-order valence-electron chi connectivity index (χ1n) is 10.9. The molecule has 0 spiro atoms. The fraction of sp³-hybridized carbons (Fsp3) is 0.222. The summed E-state index contributed by atoms with van der Waals surface area (Å²) in [5.74, 6) is 0.597. The second kappa shape index (κ2) is 8.05. The topological polar surface area (TPSA) is 60.9 Å².